The third kappa shape index (κ3) is 6.54. The van der Waals surface area contributed by atoms with Gasteiger partial charge in [0.1, 0.15) is 6.04 Å². The third-order valence-electron chi connectivity index (χ3n) is 4.47. The van der Waals surface area contributed by atoms with Crippen molar-refractivity contribution in [3.63, 3.8) is 0 Å². The average molecular weight is 421 g/mol. The SMILES string of the molecule is CCCNC(=O)[C@H](CC)N(Cc1ccc(Cl)cc1)C(=O)Cc1ccc(Cl)cc1. The molecule has 0 aliphatic heterocycles. The van der Waals surface area contributed by atoms with Crippen molar-refractivity contribution in [1.82, 2.24) is 10.2 Å². The molecule has 2 aromatic rings. The molecule has 6 heteroatoms. The van der Waals surface area contributed by atoms with Gasteiger partial charge in [-0.25, -0.2) is 0 Å². The van der Waals surface area contributed by atoms with E-state index >= 15 is 0 Å². The summed E-state index contributed by atoms with van der Waals surface area (Å²) in [5.74, 6) is -0.224. The maximum absolute atomic E-state index is 13.1. The van der Waals surface area contributed by atoms with E-state index in [-0.39, 0.29) is 18.2 Å². The predicted octanol–water partition coefficient (Wildman–Crippen LogP) is 4.87. The van der Waals surface area contributed by atoms with Gasteiger partial charge in [0.15, 0.2) is 0 Å². The molecule has 0 radical (unpaired) electrons. The minimum Gasteiger partial charge on any atom is -0.354 e. The summed E-state index contributed by atoms with van der Waals surface area (Å²) < 4.78 is 0. The van der Waals surface area contributed by atoms with Crippen molar-refractivity contribution in [3.8, 4) is 0 Å². The van der Waals surface area contributed by atoms with Crippen LogP contribution in [0.4, 0.5) is 0 Å². The lowest BCUT2D eigenvalue weighted by Gasteiger charge is -2.30. The van der Waals surface area contributed by atoms with Gasteiger partial charge < -0.3 is 10.2 Å². The number of amides is 2. The van der Waals surface area contributed by atoms with Gasteiger partial charge in [-0.15, -0.1) is 0 Å². The second-order valence-electron chi connectivity index (χ2n) is 6.67. The first-order valence-electron chi connectivity index (χ1n) is 9.50. The lowest BCUT2D eigenvalue weighted by molar-refractivity contribution is -0.140. The van der Waals surface area contributed by atoms with E-state index in [0.29, 0.717) is 29.6 Å². The molecular formula is C22H26Cl2N2O2. The summed E-state index contributed by atoms with van der Waals surface area (Å²) in [6.07, 6.45) is 1.59. The summed E-state index contributed by atoms with van der Waals surface area (Å²) in [7, 11) is 0. The molecule has 4 nitrogen and oxygen atoms in total. The zero-order chi connectivity index (χ0) is 20.5. The molecule has 0 bridgehead atoms. The van der Waals surface area contributed by atoms with Crippen molar-refractivity contribution in [2.24, 2.45) is 0 Å². The van der Waals surface area contributed by atoms with Crippen LogP contribution in [0.3, 0.4) is 0 Å². The maximum atomic E-state index is 13.1. The Morgan fingerprint density at radius 1 is 0.929 bits per heavy atom. The van der Waals surface area contributed by atoms with Gasteiger partial charge >= 0.3 is 0 Å². The number of hydrogen-bond donors (Lipinski definition) is 1. The van der Waals surface area contributed by atoms with E-state index in [9.17, 15) is 9.59 Å². The first-order valence-corrected chi connectivity index (χ1v) is 10.3. The van der Waals surface area contributed by atoms with Gasteiger partial charge in [-0.05, 0) is 48.2 Å². The average Bonchev–Trinajstić information content (AvgIpc) is 2.69. The molecule has 0 aromatic heterocycles. The van der Waals surface area contributed by atoms with Crippen molar-refractivity contribution >= 4 is 35.0 Å². The van der Waals surface area contributed by atoms with Crippen LogP contribution in [0, 0.1) is 0 Å². The Morgan fingerprint density at radius 2 is 1.46 bits per heavy atom. The topological polar surface area (TPSA) is 49.4 Å². The lowest BCUT2D eigenvalue weighted by Crippen LogP contribution is -2.49. The molecule has 0 aliphatic carbocycles. The van der Waals surface area contributed by atoms with Crippen molar-refractivity contribution in [3.05, 3.63) is 69.7 Å². The third-order valence-corrected chi connectivity index (χ3v) is 4.97. The Hall–Kier alpha value is -2.04. The number of rotatable bonds is 9. The van der Waals surface area contributed by atoms with Gasteiger partial charge in [0.05, 0.1) is 6.42 Å². The van der Waals surface area contributed by atoms with Crippen LogP contribution < -0.4 is 5.32 Å². The van der Waals surface area contributed by atoms with E-state index in [0.717, 1.165) is 17.5 Å². The molecule has 150 valence electrons. The highest BCUT2D eigenvalue weighted by atomic mass is 35.5. The fraction of sp³-hybridized carbons (Fsp3) is 0.364. The normalized spacial score (nSPS) is 11.7. The minimum absolute atomic E-state index is 0.101. The Kier molecular flexibility index (Phi) is 8.81. The monoisotopic (exact) mass is 420 g/mol. The molecule has 0 saturated carbocycles. The highest BCUT2D eigenvalue weighted by molar-refractivity contribution is 6.30. The number of nitrogens with zero attached hydrogens (tertiary/aromatic N) is 1. The molecule has 1 atom stereocenters. The predicted molar refractivity (Wildman–Crippen MR) is 115 cm³/mol. The van der Waals surface area contributed by atoms with Crippen molar-refractivity contribution in [2.45, 2.75) is 45.7 Å². The van der Waals surface area contributed by atoms with Gasteiger partial charge in [-0.2, -0.15) is 0 Å². The van der Waals surface area contributed by atoms with Gasteiger partial charge in [0, 0.05) is 23.1 Å². The fourth-order valence-corrected chi connectivity index (χ4v) is 3.20. The second-order valence-corrected chi connectivity index (χ2v) is 7.54. The summed E-state index contributed by atoms with van der Waals surface area (Å²) in [5.41, 5.74) is 1.79. The highest BCUT2D eigenvalue weighted by Gasteiger charge is 2.28. The van der Waals surface area contributed by atoms with Gasteiger partial charge in [-0.1, -0.05) is 61.3 Å². The van der Waals surface area contributed by atoms with E-state index in [2.05, 4.69) is 5.32 Å². The number of nitrogens with one attached hydrogen (secondary N) is 1. The number of halogens is 2. The summed E-state index contributed by atoms with van der Waals surface area (Å²) in [5, 5.41) is 4.17. The highest BCUT2D eigenvalue weighted by Crippen LogP contribution is 2.17. The molecule has 0 unspecified atom stereocenters. The second kappa shape index (κ2) is 11.1. The lowest BCUT2D eigenvalue weighted by atomic mass is 10.1. The van der Waals surface area contributed by atoms with E-state index in [1.165, 1.54) is 0 Å². The van der Waals surface area contributed by atoms with Crippen LogP contribution >= 0.6 is 23.2 Å². The smallest absolute Gasteiger partial charge is 0.242 e. The van der Waals surface area contributed by atoms with Crippen LogP contribution in [0.5, 0.6) is 0 Å². The van der Waals surface area contributed by atoms with Crippen LogP contribution in [-0.2, 0) is 22.6 Å². The van der Waals surface area contributed by atoms with Crippen molar-refractivity contribution in [2.75, 3.05) is 6.54 Å². The van der Waals surface area contributed by atoms with Gasteiger partial charge in [0.2, 0.25) is 11.8 Å². The quantitative estimate of drug-likeness (QED) is 0.628. The number of carbonyl (C=O) groups is 2. The first-order chi connectivity index (χ1) is 13.4. The molecule has 0 aliphatic rings. The number of benzene rings is 2. The first kappa shape index (κ1) is 22.3. The Morgan fingerprint density at radius 3 is 1.96 bits per heavy atom. The van der Waals surface area contributed by atoms with Crippen LogP contribution in [0.2, 0.25) is 10.0 Å². The van der Waals surface area contributed by atoms with Crippen molar-refractivity contribution < 1.29 is 9.59 Å². The Bertz CT molecular complexity index is 776. The van der Waals surface area contributed by atoms with Crippen LogP contribution in [0.1, 0.15) is 37.8 Å². The van der Waals surface area contributed by atoms with E-state index in [1.807, 2.05) is 38.1 Å². The standard InChI is InChI=1S/C22H26Cl2N2O2/c1-3-13-25-22(28)20(4-2)26(15-17-7-11-19(24)12-8-17)21(27)14-16-5-9-18(23)10-6-16/h5-12,20H,3-4,13-15H2,1-2H3,(H,25,28)/t20-/m0/s1. The molecule has 0 spiro atoms. The number of hydrogen-bond acceptors (Lipinski definition) is 2. The zero-order valence-corrected chi connectivity index (χ0v) is 17.8. The van der Waals surface area contributed by atoms with Gasteiger partial charge in [-0.3, -0.25) is 9.59 Å². The molecule has 28 heavy (non-hydrogen) atoms. The molecule has 0 fully saturated rings. The van der Waals surface area contributed by atoms with Crippen LogP contribution in [0.25, 0.3) is 0 Å². The molecule has 2 amide bonds. The zero-order valence-electron chi connectivity index (χ0n) is 16.3. The minimum atomic E-state index is -0.526. The van der Waals surface area contributed by atoms with E-state index in [4.69, 9.17) is 23.2 Å². The van der Waals surface area contributed by atoms with Crippen LogP contribution in [0.15, 0.2) is 48.5 Å². The summed E-state index contributed by atoms with van der Waals surface area (Å²) in [6, 6.07) is 14.0. The largest absolute Gasteiger partial charge is 0.354 e. The summed E-state index contributed by atoms with van der Waals surface area (Å²) in [4.78, 5) is 27.5. The van der Waals surface area contributed by atoms with Crippen molar-refractivity contribution in [1.29, 1.82) is 0 Å². The maximum Gasteiger partial charge on any atom is 0.242 e. The van der Waals surface area contributed by atoms with Gasteiger partial charge in [0.25, 0.3) is 0 Å². The van der Waals surface area contributed by atoms with Crippen LogP contribution in [-0.4, -0.2) is 29.3 Å². The summed E-state index contributed by atoms with van der Waals surface area (Å²) >= 11 is 11.9. The molecule has 2 aromatic carbocycles. The molecule has 1 N–H and O–H groups in total. The van der Waals surface area contributed by atoms with E-state index < -0.39 is 6.04 Å². The van der Waals surface area contributed by atoms with E-state index in [1.54, 1.807) is 29.2 Å². The molecule has 0 saturated heterocycles. The Balaban J connectivity index is 2.24. The molecule has 0 heterocycles. The molecule has 2 rings (SSSR count). The Labute approximate surface area is 176 Å². The summed E-state index contributed by atoms with van der Waals surface area (Å²) in [6.45, 7) is 4.86. The number of carbonyl (C=O) groups excluding carboxylic acids is 2. The molecular weight excluding hydrogens is 395 g/mol. The fourth-order valence-electron chi connectivity index (χ4n) is 2.95.